The molecule has 0 saturated carbocycles. The molecule has 0 aliphatic heterocycles. The van der Waals surface area contributed by atoms with Gasteiger partial charge in [-0.25, -0.2) is 4.79 Å². The molecule has 0 aromatic rings. The van der Waals surface area contributed by atoms with Crippen LogP contribution in [0.1, 0.15) is 64.2 Å². The topological polar surface area (TPSA) is 560 Å². The Balaban J connectivity index is 7.00. The average Bonchev–Trinajstić information content (AvgIpc) is 3.26. The molecule has 30 nitrogen and oxygen atoms in total. The van der Waals surface area contributed by atoms with E-state index in [4.69, 9.17) is 63.1 Å². The van der Waals surface area contributed by atoms with E-state index in [0.29, 0.717) is 0 Å². The molecule has 0 aliphatic rings. The predicted octanol–water partition coefficient (Wildman–Crippen LogP) is -8.57. The molecule has 6 amide bonds. The van der Waals surface area contributed by atoms with Gasteiger partial charge in [0.1, 0.15) is 36.3 Å². The monoisotopic (exact) mass is 1000 g/mol. The van der Waals surface area contributed by atoms with E-state index in [1.54, 1.807) is 0 Å². The number of rotatable bonds is 35. The third kappa shape index (κ3) is 28.4. The number of guanidine groups is 5. The highest BCUT2D eigenvalue weighted by atomic mass is 32.1. The second kappa shape index (κ2) is 34.6. The third-order valence-electron chi connectivity index (χ3n) is 9.22. The van der Waals surface area contributed by atoms with Crippen LogP contribution < -0.4 is 95.0 Å². The highest BCUT2D eigenvalue weighted by Crippen LogP contribution is 2.09. The van der Waals surface area contributed by atoms with Crippen molar-refractivity contribution in [3.05, 3.63) is 0 Å². The quantitative estimate of drug-likeness (QED) is 0.0121. The van der Waals surface area contributed by atoms with Crippen LogP contribution in [0.15, 0.2) is 25.0 Å². The molecule has 29 N–H and O–H groups in total. The molecule has 0 rings (SSSR count). The minimum Gasteiger partial charge on any atom is -0.480 e. The lowest BCUT2D eigenvalue weighted by molar-refractivity contribution is -0.141. The summed E-state index contributed by atoms with van der Waals surface area (Å²) in [5.41, 5.74) is 60.4. The maximum atomic E-state index is 14.2. The van der Waals surface area contributed by atoms with Crippen molar-refractivity contribution in [3.63, 3.8) is 0 Å². The van der Waals surface area contributed by atoms with Gasteiger partial charge >= 0.3 is 5.97 Å². The molecule has 0 radical (unpaired) electrons. The second-order valence-electron chi connectivity index (χ2n) is 14.9. The molecule has 0 aliphatic carbocycles. The molecule has 386 valence electrons. The number of aliphatic carboxylic acids is 1. The van der Waals surface area contributed by atoms with E-state index in [-0.39, 0.29) is 138 Å². The molecule has 0 spiro atoms. The van der Waals surface area contributed by atoms with Crippen LogP contribution in [0, 0.1) is 0 Å². The van der Waals surface area contributed by atoms with Gasteiger partial charge in [-0.1, -0.05) is 0 Å². The Labute approximate surface area is 404 Å². The number of amides is 6. The summed E-state index contributed by atoms with van der Waals surface area (Å²) >= 11 is 8.02. The van der Waals surface area contributed by atoms with Crippen LogP contribution >= 0.6 is 25.3 Å². The number of hydrogen-bond donors (Lipinski definition) is 20. The summed E-state index contributed by atoms with van der Waals surface area (Å²) in [6.07, 6.45) is 0.352. The summed E-state index contributed by atoms with van der Waals surface area (Å²) in [6.45, 7) is 0.213. The molecule has 0 aromatic heterocycles. The number of thiol groups is 2. The average molecular weight is 1010 g/mol. The Morgan fingerprint density at radius 1 is 0.368 bits per heavy atom. The Bertz CT molecular complexity index is 1780. The van der Waals surface area contributed by atoms with Crippen molar-refractivity contribution in [1.29, 1.82) is 0 Å². The predicted molar refractivity (Wildman–Crippen MR) is 264 cm³/mol. The molecule has 0 fully saturated rings. The number of carboxylic acids is 1. The van der Waals surface area contributed by atoms with Gasteiger partial charge in [0, 0.05) is 44.2 Å². The lowest BCUT2D eigenvalue weighted by Gasteiger charge is -2.27. The molecular formula is C36H72N22O8S2. The summed E-state index contributed by atoms with van der Waals surface area (Å²) in [5.74, 6) is -7.87. The van der Waals surface area contributed by atoms with Gasteiger partial charge in [-0.2, -0.15) is 25.3 Å². The van der Waals surface area contributed by atoms with E-state index >= 15 is 0 Å². The fraction of sp³-hybridized carbons (Fsp3) is 0.667. The lowest BCUT2D eigenvalue weighted by atomic mass is 10.0. The minimum atomic E-state index is -1.42. The third-order valence-corrected chi connectivity index (χ3v) is 9.98. The van der Waals surface area contributed by atoms with Crippen LogP contribution in [0.4, 0.5) is 0 Å². The van der Waals surface area contributed by atoms with Crippen molar-refractivity contribution in [3.8, 4) is 0 Å². The summed E-state index contributed by atoms with van der Waals surface area (Å²) in [6, 6.07) is -9.30. The van der Waals surface area contributed by atoms with Crippen molar-refractivity contribution in [2.75, 3.05) is 44.2 Å². The zero-order chi connectivity index (χ0) is 51.8. The highest BCUT2D eigenvalue weighted by Gasteiger charge is 2.33. The first-order valence-corrected chi connectivity index (χ1v) is 22.6. The van der Waals surface area contributed by atoms with Gasteiger partial charge in [0.25, 0.3) is 0 Å². The number of carbonyl (C=O) groups is 7. The van der Waals surface area contributed by atoms with Crippen LogP contribution in [0.3, 0.4) is 0 Å². The number of nitrogens with two attached hydrogens (primary N) is 11. The fourth-order valence-electron chi connectivity index (χ4n) is 5.77. The maximum Gasteiger partial charge on any atom is 0.327 e. The van der Waals surface area contributed by atoms with Crippen LogP contribution in [0.25, 0.3) is 0 Å². The summed E-state index contributed by atoms with van der Waals surface area (Å²) < 4.78 is 0. The standard InChI is InChI=1S/C36H72N22O8S2/c37-18(16-67)25(59)53-19(6-1-11-48-32(38)39)26(60)54-20(7-2-12-49-33(40)41)27(61)55-21(8-3-13-50-34(42)43)28(62)56-22(9-4-14-51-35(44)45)29(63)57-23(10-5-15-52-36(46)47)30(64)58-24(17-68)31(65)66/h18-24,67-68H,1-17,37H2,(H,53,59)(H,54,60)(H,55,61)(H,56,62)(H,57,63)(H,58,64)(H,65,66)(H4,38,39,48)(H4,40,41,49)(H4,42,43,50)(H4,44,45,51)(H4,46,47,52)/t18-,19-,20-,21-,22-,23-,24+/m0/s1. The van der Waals surface area contributed by atoms with Gasteiger partial charge in [-0.3, -0.25) is 53.7 Å². The zero-order valence-electron chi connectivity index (χ0n) is 37.8. The van der Waals surface area contributed by atoms with Crippen LogP contribution in [-0.4, -0.2) is 163 Å². The van der Waals surface area contributed by atoms with Crippen molar-refractivity contribution in [2.45, 2.75) is 107 Å². The van der Waals surface area contributed by atoms with Crippen molar-refractivity contribution in [1.82, 2.24) is 31.9 Å². The smallest absolute Gasteiger partial charge is 0.327 e. The number of carboxylic acid groups (broad SMARTS) is 1. The first kappa shape index (κ1) is 61.3. The number of hydrogen-bond acceptors (Lipinski definition) is 15. The molecule has 0 saturated heterocycles. The summed E-state index contributed by atoms with van der Waals surface area (Å²) in [5, 5.41) is 24.8. The number of carbonyl (C=O) groups excluding carboxylic acids is 6. The Morgan fingerprint density at radius 2 is 0.574 bits per heavy atom. The van der Waals surface area contributed by atoms with Gasteiger partial charge < -0.3 is 100 Å². The van der Waals surface area contributed by atoms with E-state index < -0.39 is 83.7 Å². The Hall–Kier alpha value is -6.70. The molecule has 0 heterocycles. The maximum absolute atomic E-state index is 14.2. The Kier molecular flexibility index (Phi) is 31.2. The molecule has 0 aromatic carbocycles. The highest BCUT2D eigenvalue weighted by molar-refractivity contribution is 7.80. The second-order valence-corrected chi connectivity index (χ2v) is 15.7. The molecule has 0 bridgehead atoms. The van der Waals surface area contributed by atoms with E-state index in [2.05, 4.69) is 82.1 Å². The SMILES string of the molecule is NC(N)=NCCC[C@H](NC(=O)[C@H](CCCN=C(N)N)NC(=O)[C@H](CCCN=C(N)N)NC(=O)[C@@H](N)CS)C(=O)N[C@@H](CCCN=C(N)N)C(=O)N[C@@H](CCCN=C(N)N)C(=O)N[C@H](CS)C(=O)O. The Morgan fingerprint density at radius 3 is 0.750 bits per heavy atom. The minimum absolute atomic E-state index is 0.00651. The van der Waals surface area contributed by atoms with E-state index in [0.717, 1.165) is 0 Å². The van der Waals surface area contributed by atoms with Crippen molar-refractivity contribution in [2.24, 2.45) is 88.0 Å². The summed E-state index contributed by atoms with van der Waals surface area (Å²) in [4.78, 5) is 114. The first-order chi connectivity index (χ1) is 32.0. The van der Waals surface area contributed by atoms with Gasteiger partial charge in [-0.05, 0) is 64.2 Å². The first-order valence-electron chi connectivity index (χ1n) is 21.3. The van der Waals surface area contributed by atoms with Gasteiger partial charge in [-0.15, -0.1) is 0 Å². The number of nitrogens with zero attached hydrogens (tertiary/aromatic N) is 5. The van der Waals surface area contributed by atoms with Crippen LogP contribution in [-0.2, 0) is 33.6 Å². The number of aliphatic imine (C=N–C) groups is 5. The zero-order valence-corrected chi connectivity index (χ0v) is 39.6. The summed E-state index contributed by atoms with van der Waals surface area (Å²) in [7, 11) is 0. The van der Waals surface area contributed by atoms with E-state index in [9.17, 15) is 38.7 Å². The molecular weight excluding hydrogens is 933 g/mol. The van der Waals surface area contributed by atoms with E-state index in [1.165, 1.54) is 0 Å². The lowest BCUT2D eigenvalue weighted by Crippen LogP contribution is -2.60. The van der Waals surface area contributed by atoms with Crippen LogP contribution in [0.5, 0.6) is 0 Å². The van der Waals surface area contributed by atoms with Gasteiger partial charge in [0.15, 0.2) is 29.8 Å². The van der Waals surface area contributed by atoms with Crippen molar-refractivity contribution < 1.29 is 38.7 Å². The normalized spacial score (nSPS) is 13.7. The molecule has 32 heteroatoms. The van der Waals surface area contributed by atoms with Crippen molar-refractivity contribution >= 4 is 96.5 Å². The fourth-order valence-corrected chi connectivity index (χ4v) is 6.18. The molecule has 68 heavy (non-hydrogen) atoms. The van der Waals surface area contributed by atoms with Crippen LogP contribution in [0.2, 0.25) is 0 Å². The van der Waals surface area contributed by atoms with Gasteiger partial charge in [0.2, 0.25) is 35.4 Å². The van der Waals surface area contributed by atoms with Gasteiger partial charge in [0.05, 0.1) is 6.04 Å². The number of nitrogens with one attached hydrogen (secondary N) is 6. The molecule has 7 atom stereocenters. The molecule has 0 unspecified atom stereocenters. The van der Waals surface area contributed by atoms with E-state index in [1.807, 2.05) is 0 Å². The largest absolute Gasteiger partial charge is 0.480 e.